The minimum absolute atomic E-state index is 0.0323. The largest absolute Gasteiger partial charge is 0.507 e. The molecule has 37 heavy (non-hydrogen) atoms. The van der Waals surface area contributed by atoms with Gasteiger partial charge in [0.05, 0.1) is 30.9 Å². The van der Waals surface area contributed by atoms with Gasteiger partial charge in [-0.05, 0) is 67.8 Å². The molecular weight excluding hydrogens is 474 g/mol. The summed E-state index contributed by atoms with van der Waals surface area (Å²) < 4.78 is 22.1. The zero-order valence-electron chi connectivity index (χ0n) is 21.0. The molecule has 5 rings (SSSR count). The summed E-state index contributed by atoms with van der Waals surface area (Å²) in [6.45, 7) is 6.21. The van der Waals surface area contributed by atoms with Gasteiger partial charge in [-0.3, -0.25) is 14.5 Å². The van der Waals surface area contributed by atoms with Gasteiger partial charge in [0, 0.05) is 11.8 Å². The summed E-state index contributed by atoms with van der Waals surface area (Å²) in [6, 6.07) is 14.9. The van der Waals surface area contributed by atoms with Gasteiger partial charge in [0.2, 0.25) is 6.79 Å². The molecule has 1 atom stereocenters. The molecule has 1 unspecified atom stereocenters. The van der Waals surface area contributed by atoms with Crippen LogP contribution in [0.5, 0.6) is 23.0 Å². The van der Waals surface area contributed by atoms with E-state index in [1.54, 1.807) is 48.5 Å². The van der Waals surface area contributed by atoms with Gasteiger partial charge < -0.3 is 24.1 Å². The van der Waals surface area contributed by atoms with E-state index < -0.39 is 17.7 Å². The number of ether oxygens (including phenoxy) is 4. The Morgan fingerprint density at radius 1 is 1.03 bits per heavy atom. The number of rotatable bonds is 6. The van der Waals surface area contributed by atoms with Crippen molar-refractivity contribution >= 4 is 23.1 Å². The van der Waals surface area contributed by atoms with Crippen LogP contribution in [0, 0.1) is 13.8 Å². The van der Waals surface area contributed by atoms with Crippen molar-refractivity contribution in [1.82, 2.24) is 0 Å². The van der Waals surface area contributed by atoms with Crippen molar-refractivity contribution in [3.05, 3.63) is 82.4 Å². The Kier molecular flexibility index (Phi) is 6.25. The number of amides is 1. The number of fused-ring (bicyclic) bond motifs is 1. The highest BCUT2D eigenvalue weighted by Crippen LogP contribution is 2.46. The molecule has 1 amide bonds. The van der Waals surface area contributed by atoms with Crippen molar-refractivity contribution in [2.75, 3.05) is 25.4 Å². The van der Waals surface area contributed by atoms with E-state index in [1.807, 2.05) is 26.8 Å². The number of aryl methyl sites for hydroxylation is 2. The number of hydrogen-bond acceptors (Lipinski definition) is 7. The lowest BCUT2D eigenvalue weighted by Crippen LogP contribution is -2.29. The lowest BCUT2D eigenvalue weighted by atomic mass is 9.93. The first kappa shape index (κ1) is 24.2. The van der Waals surface area contributed by atoms with E-state index in [9.17, 15) is 14.7 Å². The first-order chi connectivity index (χ1) is 17.8. The molecule has 0 saturated carbocycles. The summed E-state index contributed by atoms with van der Waals surface area (Å²) in [4.78, 5) is 28.4. The molecule has 3 aromatic rings. The quantitative estimate of drug-likeness (QED) is 0.286. The monoisotopic (exact) mass is 501 g/mol. The number of methoxy groups -OCH3 is 1. The molecule has 8 heteroatoms. The predicted octanol–water partition coefficient (Wildman–Crippen LogP) is 5.07. The fourth-order valence-electron chi connectivity index (χ4n) is 4.91. The number of hydrogen-bond donors (Lipinski definition) is 1. The third kappa shape index (κ3) is 4.14. The van der Waals surface area contributed by atoms with Crippen molar-refractivity contribution in [3.63, 3.8) is 0 Å². The standard InChI is InChI=1S/C29H27NO7/c1-5-35-20-9-6-18(7-10-20)25-24(26(31)21-13-16(2)12-17(3)28(21)34-4)27(32)29(33)30(25)19-8-11-22-23(14-19)37-15-36-22/h6-14,25,31H,5,15H2,1-4H3/b26-24+. The van der Waals surface area contributed by atoms with E-state index in [1.165, 1.54) is 12.0 Å². The normalized spacial score (nSPS) is 17.8. The summed E-state index contributed by atoms with van der Waals surface area (Å²) in [7, 11) is 1.50. The number of ketones is 1. The average molecular weight is 502 g/mol. The topological polar surface area (TPSA) is 94.5 Å². The van der Waals surface area contributed by atoms with Gasteiger partial charge in [-0.2, -0.15) is 0 Å². The van der Waals surface area contributed by atoms with E-state index in [4.69, 9.17) is 18.9 Å². The minimum atomic E-state index is -0.901. The van der Waals surface area contributed by atoms with Crippen molar-refractivity contribution in [3.8, 4) is 23.0 Å². The van der Waals surface area contributed by atoms with Crippen LogP contribution in [0.1, 0.15) is 35.2 Å². The fraction of sp³-hybridized carbons (Fsp3) is 0.241. The Hall–Kier alpha value is -4.46. The van der Waals surface area contributed by atoms with Crippen molar-refractivity contribution in [2.24, 2.45) is 0 Å². The van der Waals surface area contributed by atoms with Crippen LogP contribution >= 0.6 is 0 Å². The lowest BCUT2D eigenvalue weighted by Gasteiger charge is -2.26. The number of aliphatic hydroxyl groups is 1. The number of benzene rings is 3. The number of carbonyl (C=O) groups excluding carboxylic acids is 2. The summed E-state index contributed by atoms with van der Waals surface area (Å²) in [5.74, 6) is 0.255. The van der Waals surface area contributed by atoms with Crippen LogP contribution in [0.15, 0.2) is 60.2 Å². The maximum Gasteiger partial charge on any atom is 0.300 e. The van der Waals surface area contributed by atoms with Crippen molar-refractivity contribution < 1.29 is 33.6 Å². The molecule has 2 heterocycles. The van der Waals surface area contributed by atoms with Crippen LogP contribution in [0.4, 0.5) is 5.69 Å². The second kappa shape index (κ2) is 9.54. The first-order valence-corrected chi connectivity index (χ1v) is 11.9. The number of anilines is 1. The zero-order chi connectivity index (χ0) is 26.3. The highest BCUT2D eigenvalue weighted by molar-refractivity contribution is 6.51. The molecule has 190 valence electrons. The predicted molar refractivity (Wildman–Crippen MR) is 137 cm³/mol. The Bertz CT molecular complexity index is 1420. The van der Waals surface area contributed by atoms with Gasteiger partial charge >= 0.3 is 0 Å². The molecular formula is C29H27NO7. The van der Waals surface area contributed by atoms with Gasteiger partial charge in [-0.1, -0.05) is 18.2 Å². The molecule has 0 aliphatic carbocycles. The number of Topliss-reactive ketones (excluding diaryl/α,β-unsaturated/α-hetero) is 1. The molecule has 2 aliphatic rings. The summed E-state index contributed by atoms with van der Waals surface area (Å²) in [5.41, 5.74) is 3.06. The van der Waals surface area contributed by atoms with E-state index in [0.29, 0.717) is 46.4 Å². The van der Waals surface area contributed by atoms with Crippen LogP contribution < -0.4 is 23.8 Å². The minimum Gasteiger partial charge on any atom is -0.507 e. The SMILES string of the molecule is CCOc1ccc(C2/C(=C(\O)c3cc(C)cc(C)c3OC)C(=O)C(=O)N2c2ccc3c(c2)OCO3)cc1. The summed E-state index contributed by atoms with van der Waals surface area (Å²) in [5, 5.41) is 11.6. The Labute approximate surface area is 214 Å². The molecule has 3 aromatic carbocycles. The van der Waals surface area contributed by atoms with E-state index >= 15 is 0 Å². The van der Waals surface area contributed by atoms with Gasteiger partial charge in [0.15, 0.2) is 11.5 Å². The molecule has 0 spiro atoms. The molecule has 1 fully saturated rings. The Morgan fingerprint density at radius 2 is 1.76 bits per heavy atom. The summed E-state index contributed by atoms with van der Waals surface area (Å²) in [6.07, 6.45) is 0. The second-order valence-corrected chi connectivity index (χ2v) is 8.87. The average Bonchev–Trinajstić information content (AvgIpc) is 3.45. The molecule has 0 bridgehead atoms. The van der Waals surface area contributed by atoms with Crippen molar-refractivity contribution in [1.29, 1.82) is 0 Å². The zero-order valence-corrected chi connectivity index (χ0v) is 21.0. The van der Waals surface area contributed by atoms with Crippen LogP contribution in [0.2, 0.25) is 0 Å². The maximum atomic E-state index is 13.5. The highest BCUT2D eigenvalue weighted by atomic mass is 16.7. The van der Waals surface area contributed by atoms with Crippen LogP contribution in [-0.4, -0.2) is 37.3 Å². The van der Waals surface area contributed by atoms with Crippen molar-refractivity contribution in [2.45, 2.75) is 26.8 Å². The molecule has 8 nitrogen and oxygen atoms in total. The van der Waals surface area contributed by atoms with E-state index in [2.05, 4.69) is 0 Å². The van der Waals surface area contributed by atoms with Crippen LogP contribution in [0.25, 0.3) is 5.76 Å². The highest BCUT2D eigenvalue weighted by Gasteiger charge is 2.47. The molecule has 0 radical (unpaired) electrons. The molecule has 1 saturated heterocycles. The first-order valence-electron chi connectivity index (χ1n) is 11.9. The van der Waals surface area contributed by atoms with E-state index in [-0.39, 0.29) is 18.1 Å². The number of carbonyl (C=O) groups is 2. The fourth-order valence-corrected chi connectivity index (χ4v) is 4.91. The lowest BCUT2D eigenvalue weighted by molar-refractivity contribution is -0.132. The Morgan fingerprint density at radius 3 is 2.46 bits per heavy atom. The van der Waals surface area contributed by atoms with Gasteiger partial charge in [-0.15, -0.1) is 0 Å². The van der Waals surface area contributed by atoms with Gasteiger partial charge in [0.25, 0.3) is 11.7 Å². The van der Waals surface area contributed by atoms with Crippen LogP contribution in [0.3, 0.4) is 0 Å². The molecule has 1 N–H and O–H groups in total. The molecule has 0 aromatic heterocycles. The third-order valence-corrected chi connectivity index (χ3v) is 6.46. The van der Waals surface area contributed by atoms with Gasteiger partial charge in [0.1, 0.15) is 17.3 Å². The Balaban J connectivity index is 1.72. The van der Waals surface area contributed by atoms with E-state index in [0.717, 1.165) is 11.1 Å². The van der Waals surface area contributed by atoms with Gasteiger partial charge in [-0.25, -0.2) is 0 Å². The molecule has 2 aliphatic heterocycles. The maximum absolute atomic E-state index is 13.5. The van der Waals surface area contributed by atoms with Crippen LogP contribution in [-0.2, 0) is 9.59 Å². The smallest absolute Gasteiger partial charge is 0.300 e. The number of nitrogens with zero attached hydrogens (tertiary/aromatic N) is 1. The summed E-state index contributed by atoms with van der Waals surface area (Å²) >= 11 is 0. The second-order valence-electron chi connectivity index (χ2n) is 8.87. The number of aliphatic hydroxyl groups excluding tert-OH is 1. The third-order valence-electron chi connectivity index (χ3n) is 6.46.